The van der Waals surface area contributed by atoms with Crippen LogP contribution in [-0.4, -0.2) is 60.3 Å². The van der Waals surface area contributed by atoms with Crippen molar-refractivity contribution in [3.8, 4) is 17.3 Å². The molecule has 0 fully saturated rings. The van der Waals surface area contributed by atoms with Crippen molar-refractivity contribution in [2.45, 2.75) is 45.5 Å². The molecule has 2 heterocycles. The molecule has 10 heteroatoms. The predicted octanol–water partition coefficient (Wildman–Crippen LogP) is 5.48. The predicted molar refractivity (Wildman–Crippen MR) is 152 cm³/mol. The van der Waals surface area contributed by atoms with E-state index in [9.17, 15) is 5.11 Å². The molecule has 0 bridgehead atoms. The Balaban J connectivity index is 1.73. The third kappa shape index (κ3) is 5.98. The SMILES string of the molecule is COc1cc(OC)cc(N(CCO[Si](C)(C)C(C)(C)C)c2ccc3ncc(-n4cnc(CO)c4)nc3c2)c1. The van der Waals surface area contributed by atoms with Crippen LogP contribution in [0, 0.1) is 0 Å². The third-order valence-electron chi connectivity index (χ3n) is 7.12. The number of nitrogens with zero attached hydrogens (tertiary/aromatic N) is 5. The number of benzene rings is 2. The normalized spacial score (nSPS) is 12.1. The minimum Gasteiger partial charge on any atom is -0.497 e. The minimum atomic E-state index is -1.92. The zero-order valence-corrected chi connectivity index (χ0v) is 24.2. The van der Waals surface area contributed by atoms with Gasteiger partial charge in [0.15, 0.2) is 14.1 Å². The van der Waals surface area contributed by atoms with Gasteiger partial charge in [0.25, 0.3) is 0 Å². The van der Waals surface area contributed by atoms with E-state index in [4.69, 9.17) is 18.9 Å². The van der Waals surface area contributed by atoms with Crippen LogP contribution in [0.25, 0.3) is 16.9 Å². The number of rotatable bonds is 10. The molecule has 0 aliphatic carbocycles. The molecule has 0 saturated carbocycles. The van der Waals surface area contributed by atoms with Crippen molar-refractivity contribution in [3.05, 3.63) is 60.8 Å². The molecule has 0 atom stereocenters. The van der Waals surface area contributed by atoms with E-state index in [0.717, 1.165) is 22.4 Å². The Morgan fingerprint density at radius 1 is 0.947 bits per heavy atom. The van der Waals surface area contributed by atoms with Gasteiger partial charge in [0.1, 0.15) is 17.8 Å². The number of methoxy groups -OCH3 is 2. The fourth-order valence-corrected chi connectivity index (χ4v) is 4.85. The Morgan fingerprint density at radius 3 is 2.26 bits per heavy atom. The number of aliphatic hydroxyl groups is 1. The largest absolute Gasteiger partial charge is 0.497 e. The topological polar surface area (TPSA) is 94.8 Å². The monoisotopic (exact) mass is 535 g/mol. The lowest BCUT2D eigenvalue weighted by Crippen LogP contribution is -2.42. The molecule has 0 spiro atoms. The molecule has 0 saturated heterocycles. The first-order valence-electron chi connectivity index (χ1n) is 12.6. The maximum absolute atomic E-state index is 9.37. The van der Waals surface area contributed by atoms with Gasteiger partial charge in [-0.05, 0) is 36.3 Å². The van der Waals surface area contributed by atoms with Crippen LogP contribution in [-0.2, 0) is 11.0 Å². The molecule has 0 aliphatic heterocycles. The van der Waals surface area contributed by atoms with Crippen molar-refractivity contribution in [2.75, 3.05) is 32.3 Å². The molecular formula is C28H37N5O4Si. The van der Waals surface area contributed by atoms with Gasteiger partial charge in [-0.1, -0.05) is 20.8 Å². The van der Waals surface area contributed by atoms with Crippen molar-refractivity contribution in [3.63, 3.8) is 0 Å². The Labute approximate surface area is 225 Å². The second-order valence-corrected chi connectivity index (χ2v) is 15.5. The molecule has 2 aromatic heterocycles. The highest BCUT2D eigenvalue weighted by molar-refractivity contribution is 6.74. The Morgan fingerprint density at radius 2 is 1.66 bits per heavy atom. The fraction of sp³-hybridized carbons (Fsp3) is 0.393. The van der Waals surface area contributed by atoms with Crippen LogP contribution in [0.3, 0.4) is 0 Å². The minimum absolute atomic E-state index is 0.120. The lowest BCUT2D eigenvalue weighted by atomic mass is 10.2. The number of anilines is 2. The molecule has 9 nitrogen and oxygen atoms in total. The third-order valence-corrected chi connectivity index (χ3v) is 11.7. The molecule has 1 N–H and O–H groups in total. The Bertz CT molecular complexity index is 1380. The summed E-state index contributed by atoms with van der Waals surface area (Å²) in [5.74, 6) is 2.03. The van der Waals surface area contributed by atoms with Crippen molar-refractivity contribution >= 4 is 30.7 Å². The van der Waals surface area contributed by atoms with E-state index in [2.05, 4.69) is 48.7 Å². The molecule has 0 radical (unpaired) electrons. The number of aliphatic hydroxyl groups excluding tert-OH is 1. The van der Waals surface area contributed by atoms with Crippen LogP contribution in [0.4, 0.5) is 11.4 Å². The van der Waals surface area contributed by atoms with E-state index in [0.29, 0.717) is 36.2 Å². The first-order chi connectivity index (χ1) is 18.0. The number of ether oxygens (including phenoxy) is 2. The lowest BCUT2D eigenvalue weighted by Gasteiger charge is -2.37. The quantitative estimate of drug-likeness (QED) is 0.267. The molecule has 0 unspecified atom stereocenters. The van der Waals surface area contributed by atoms with Gasteiger partial charge < -0.3 is 23.9 Å². The van der Waals surface area contributed by atoms with Crippen molar-refractivity contribution in [1.82, 2.24) is 19.5 Å². The average Bonchev–Trinajstić information content (AvgIpc) is 3.39. The maximum atomic E-state index is 9.37. The standard InChI is InChI=1S/C28H37N5O4Si/c1-28(2,3)38(6,7)37-11-10-33(22-12-23(35-4)15-24(13-22)36-5)21-8-9-25-26(14-21)31-27(16-29-25)32-17-20(18-34)30-19-32/h8-9,12-17,19,34H,10-11,18H2,1-7H3. The van der Waals surface area contributed by atoms with E-state index in [1.165, 1.54) is 0 Å². The number of imidazole rings is 1. The van der Waals surface area contributed by atoms with Crippen LogP contribution in [0.5, 0.6) is 11.5 Å². The van der Waals surface area contributed by atoms with E-state index < -0.39 is 8.32 Å². The summed E-state index contributed by atoms with van der Waals surface area (Å²) in [6.07, 6.45) is 5.06. The first-order valence-corrected chi connectivity index (χ1v) is 15.5. The van der Waals surface area contributed by atoms with E-state index in [1.807, 2.05) is 36.4 Å². The summed E-state index contributed by atoms with van der Waals surface area (Å²) in [5, 5.41) is 9.49. The lowest BCUT2D eigenvalue weighted by molar-refractivity contribution is 0.277. The highest BCUT2D eigenvalue weighted by Crippen LogP contribution is 2.37. The Hall–Kier alpha value is -3.47. The van der Waals surface area contributed by atoms with Gasteiger partial charge >= 0.3 is 0 Å². The van der Waals surface area contributed by atoms with Gasteiger partial charge in [-0.2, -0.15) is 0 Å². The number of hydrogen-bond acceptors (Lipinski definition) is 8. The van der Waals surface area contributed by atoms with Gasteiger partial charge in [-0.15, -0.1) is 0 Å². The zero-order chi connectivity index (χ0) is 27.5. The number of fused-ring (bicyclic) bond motifs is 1. The summed E-state index contributed by atoms with van der Waals surface area (Å²) in [6.45, 7) is 12.3. The second kappa shape index (κ2) is 11.1. The summed E-state index contributed by atoms with van der Waals surface area (Å²) in [5.41, 5.74) is 3.95. The summed E-state index contributed by atoms with van der Waals surface area (Å²) < 4.78 is 19.4. The molecule has 38 heavy (non-hydrogen) atoms. The van der Waals surface area contributed by atoms with Crippen LogP contribution in [0.15, 0.2) is 55.1 Å². The summed E-state index contributed by atoms with van der Waals surface area (Å²) >= 11 is 0. The van der Waals surface area contributed by atoms with Crippen molar-refractivity contribution in [2.24, 2.45) is 0 Å². The molecule has 0 amide bonds. The fourth-order valence-electron chi connectivity index (χ4n) is 3.82. The van der Waals surface area contributed by atoms with Crippen LogP contribution >= 0.6 is 0 Å². The molecule has 202 valence electrons. The van der Waals surface area contributed by atoms with Gasteiger partial charge in [0.2, 0.25) is 0 Å². The molecule has 2 aromatic carbocycles. The first kappa shape index (κ1) is 27.6. The van der Waals surface area contributed by atoms with Crippen LogP contribution < -0.4 is 14.4 Å². The highest BCUT2D eigenvalue weighted by atomic mass is 28.4. The van der Waals surface area contributed by atoms with Crippen molar-refractivity contribution < 1.29 is 19.0 Å². The van der Waals surface area contributed by atoms with Crippen LogP contribution in [0.1, 0.15) is 26.5 Å². The summed E-state index contributed by atoms with van der Waals surface area (Å²) in [4.78, 5) is 15.8. The molecular weight excluding hydrogens is 498 g/mol. The van der Waals surface area contributed by atoms with Gasteiger partial charge in [0, 0.05) is 42.3 Å². The van der Waals surface area contributed by atoms with Gasteiger partial charge in [-0.25, -0.2) is 9.97 Å². The van der Waals surface area contributed by atoms with E-state index in [1.54, 1.807) is 37.5 Å². The molecule has 0 aliphatic rings. The number of hydrogen-bond donors (Lipinski definition) is 1. The van der Waals surface area contributed by atoms with Crippen molar-refractivity contribution in [1.29, 1.82) is 0 Å². The number of aromatic nitrogens is 4. The van der Waals surface area contributed by atoms with E-state index in [-0.39, 0.29) is 11.6 Å². The molecule has 4 aromatic rings. The summed E-state index contributed by atoms with van der Waals surface area (Å²) in [6, 6.07) is 11.9. The molecule has 4 rings (SSSR count). The smallest absolute Gasteiger partial charge is 0.192 e. The Kier molecular flexibility index (Phi) is 8.05. The average molecular weight is 536 g/mol. The van der Waals surface area contributed by atoms with Crippen LogP contribution in [0.2, 0.25) is 18.1 Å². The summed E-state index contributed by atoms with van der Waals surface area (Å²) in [7, 11) is 1.37. The van der Waals surface area contributed by atoms with Gasteiger partial charge in [0.05, 0.1) is 50.4 Å². The second-order valence-electron chi connectivity index (χ2n) is 10.7. The van der Waals surface area contributed by atoms with E-state index >= 15 is 0 Å². The highest BCUT2D eigenvalue weighted by Gasteiger charge is 2.37. The van der Waals surface area contributed by atoms with Gasteiger partial charge in [-0.3, -0.25) is 9.55 Å². The zero-order valence-electron chi connectivity index (χ0n) is 23.2. The maximum Gasteiger partial charge on any atom is 0.192 e.